The summed E-state index contributed by atoms with van der Waals surface area (Å²) in [5, 5.41) is 19.5. The monoisotopic (exact) mass is 297 g/mol. The van der Waals surface area contributed by atoms with E-state index in [4.69, 9.17) is 15.1 Å². The molecule has 0 aliphatic carbocycles. The molecule has 1 fully saturated rings. The number of carbonyl (C=O) groups is 3. The molecule has 20 heavy (non-hydrogen) atoms. The molecule has 0 unspecified atom stereocenters. The molecule has 106 valence electrons. The van der Waals surface area contributed by atoms with Gasteiger partial charge in [0, 0.05) is 0 Å². The fourth-order valence-electron chi connectivity index (χ4n) is 2.04. The van der Waals surface area contributed by atoms with Gasteiger partial charge in [0.2, 0.25) is 5.91 Å². The second kappa shape index (κ2) is 5.42. The summed E-state index contributed by atoms with van der Waals surface area (Å²) >= 11 is 1.30. The molecule has 0 aromatic rings. The lowest BCUT2D eigenvalue weighted by Crippen LogP contribution is -2.70. The molecular weight excluding hydrogens is 286 g/mol. The van der Waals surface area contributed by atoms with Crippen LogP contribution in [0.4, 0.5) is 0 Å². The van der Waals surface area contributed by atoms with E-state index in [-0.39, 0.29) is 17.9 Å². The summed E-state index contributed by atoms with van der Waals surface area (Å²) in [6.45, 7) is 0. The number of carbonyl (C=O) groups excluding carboxylic acids is 2. The smallest absolute Gasteiger partial charge is 0.356 e. The Balaban J connectivity index is 2.17. The van der Waals surface area contributed by atoms with E-state index in [1.807, 2.05) is 0 Å². The molecule has 0 saturated carbocycles. The van der Waals surface area contributed by atoms with Crippen LogP contribution in [-0.4, -0.2) is 52.1 Å². The average molecular weight is 297 g/mol. The Morgan fingerprint density at radius 2 is 2.35 bits per heavy atom. The third kappa shape index (κ3) is 2.18. The van der Waals surface area contributed by atoms with Crippen LogP contribution in [0, 0.1) is 11.3 Å². The number of fused-ring (bicyclic) bond motifs is 1. The van der Waals surface area contributed by atoms with Gasteiger partial charge in [0.05, 0.1) is 18.9 Å². The third-order valence-corrected chi connectivity index (χ3v) is 4.19. The maximum absolute atomic E-state index is 12.0. The zero-order valence-electron chi connectivity index (χ0n) is 10.5. The summed E-state index contributed by atoms with van der Waals surface area (Å²) in [6, 6.07) is 0.886. The van der Waals surface area contributed by atoms with Crippen molar-refractivity contribution in [3.63, 3.8) is 0 Å². The van der Waals surface area contributed by atoms with Gasteiger partial charge >= 0.3 is 5.97 Å². The molecule has 2 atom stereocenters. The van der Waals surface area contributed by atoms with Crippen LogP contribution in [0.15, 0.2) is 11.5 Å². The minimum atomic E-state index is -1.25. The number of nitriles is 1. The van der Waals surface area contributed by atoms with Gasteiger partial charge in [-0.25, -0.2) is 4.79 Å². The predicted molar refractivity (Wildman–Crippen MR) is 66.9 cm³/mol. The summed E-state index contributed by atoms with van der Waals surface area (Å²) in [6.07, 6.45) is -0.341. The number of hydrogen-bond donors (Lipinski definition) is 2. The first kappa shape index (κ1) is 14.2. The molecule has 1 saturated heterocycles. The van der Waals surface area contributed by atoms with Crippen molar-refractivity contribution in [2.75, 3.05) is 12.9 Å². The second-order valence-electron chi connectivity index (χ2n) is 4.07. The van der Waals surface area contributed by atoms with Crippen molar-refractivity contribution in [1.29, 1.82) is 5.26 Å². The van der Waals surface area contributed by atoms with Crippen molar-refractivity contribution in [2.45, 2.75) is 17.8 Å². The first-order valence-electron chi connectivity index (χ1n) is 5.62. The number of rotatable bonds is 4. The fourth-order valence-corrected chi connectivity index (χ4v) is 3.36. The van der Waals surface area contributed by atoms with E-state index in [1.165, 1.54) is 18.9 Å². The van der Waals surface area contributed by atoms with E-state index in [1.54, 1.807) is 6.07 Å². The van der Waals surface area contributed by atoms with Crippen LogP contribution in [-0.2, 0) is 19.1 Å². The van der Waals surface area contributed by atoms with Gasteiger partial charge in [0.25, 0.3) is 5.91 Å². The quantitative estimate of drug-likeness (QED) is 0.654. The second-order valence-corrected chi connectivity index (χ2v) is 5.18. The molecule has 2 heterocycles. The van der Waals surface area contributed by atoms with E-state index in [0.717, 1.165) is 4.90 Å². The van der Waals surface area contributed by atoms with Crippen LogP contribution in [0.25, 0.3) is 0 Å². The minimum absolute atomic E-state index is 0.188. The van der Waals surface area contributed by atoms with Crippen molar-refractivity contribution in [3.8, 4) is 6.07 Å². The summed E-state index contributed by atoms with van der Waals surface area (Å²) in [5.41, 5.74) is -0.188. The molecule has 9 heteroatoms. The SMILES string of the molecule is COC1=C(C(=O)O)N2C(=O)[C@@H](NC(=O)CC#N)[C@@H]2SC1. The van der Waals surface area contributed by atoms with Crippen LogP contribution in [0.3, 0.4) is 0 Å². The summed E-state index contributed by atoms with van der Waals surface area (Å²) in [5.74, 6) is -1.79. The Morgan fingerprint density at radius 1 is 1.65 bits per heavy atom. The lowest BCUT2D eigenvalue weighted by Gasteiger charge is -2.48. The third-order valence-electron chi connectivity index (χ3n) is 2.94. The molecule has 0 bridgehead atoms. The van der Waals surface area contributed by atoms with Crippen LogP contribution >= 0.6 is 11.8 Å². The maximum atomic E-state index is 12.0. The van der Waals surface area contributed by atoms with E-state index in [9.17, 15) is 14.4 Å². The molecule has 2 aliphatic heterocycles. The molecule has 0 radical (unpaired) electrons. The zero-order valence-corrected chi connectivity index (χ0v) is 11.3. The van der Waals surface area contributed by atoms with Gasteiger partial charge in [-0.15, -0.1) is 11.8 Å². The predicted octanol–water partition coefficient (Wildman–Crippen LogP) is -0.757. The number of ether oxygens (including phenoxy) is 1. The number of aliphatic carboxylic acids is 1. The lowest BCUT2D eigenvalue weighted by molar-refractivity contribution is -0.151. The van der Waals surface area contributed by atoms with Gasteiger partial charge in [-0.05, 0) is 0 Å². The highest BCUT2D eigenvalue weighted by Crippen LogP contribution is 2.40. The van der Waals surface area contributed by atoms with Crippen molar-refractivity contribution < 1.29 is 24.2 Å². The molecular formula is C11H11N3O5S. The Kier molecular flexibility index (Phi) is 3.85. The average Bonchev–Trinajstić information content (AvgIpc) is 2.43. The lowest BCUT2D eigenvalue weighted by atomic mass is 10.0. The molecule has 8 nitrogen and oxygen atoms in total. The Hall–Kier alpha value is -2.21. The maximum Gasteiger partial charge on any atom is 0.356 e. The van der Waals surface area contributed by atoms with E-state index in [0.29, 0.717) is 5.75 Å². The van der Waals surface area contributed by atoms with Crippen molar-refractivity contribution >= 4 is 29.5 Å². The van der Waals surface area contributed by atoms with E-state index in [2.05, 4.69) is 5.32 Å². The number of carboxylic acid groups (broad SMARTS) is 1. The highest BCUT2D eigenvalue weighted by atomic mass is 32.2. The molecule has 2 rings (SSSR count). The van der Waals surface area contributed by atoms with Crippen LogP contribution in [0.5, 0.6) is 0 Å². The van der Waals surface area contributed by atoms with Gasteiger partial charge in [-0.3, -0.25) is 14.5 Å². The molecule has 2 amide bonds. The van der Waals surface area contributed by atoms with E-state index < -0.39 is 29.2 Å². The van der Waals surface area contributed by atoms with Gasteiger partial charge in [-0.2, -0.15) is 5.26 Å². The fraction of sp³-hybridized carbons (Fsp3) is 0.455. The first-order chi connectivity index (χ1) is 9.51. The van der Waals surface area contributed by atoms with Gasteiger partial charge in [0.15, 0.2) is 5.70 Å². The first-order valence-corrected chi connectivity index (χ1v) is 6.67. The number of nitrogens with one attached hydrogen (secondary N) is 1. The number of methoxy groups -OCH3 is 1. The van der Waals surface area contributed by atoms with Crippen molar-refractivity contribution in [1.82, 2.24) is 10.2 Å². The van der Waals surface area contributed by atoms with Crippen molar-refractivity contribution in [2.24, 2.45) is 0 Å². The number of amides is 2. The molecule has 0 aromatic heterocycles. The largest absolute Gasteiger partial charge is 0.498 e. The molecule has 0 spiro atoms. The number of β-lactam (4-membered cyclic amide) rings is 1. The topological polar surface area (TPSA) is 120 Å². The Morgan fingerprint density at radius 3 is 2.90 bits per heavy atom. The highest BCUT2D eigenvalue weighted by Gasteiger charge is 2.54. The summed E-state index contributed by atoms with van der Waals surface area (Å²) in [7, 11) is 1.34. The number of nitrogens with zero attached hydrogens (tertiary/aromatic N) is 2. The van der Waals surface area contributed by atoms with Crippen molar-refractivity contribution in [3.05, 3.63) is 11.5 Å². The highest BCUT2D eigenvalue weighted by molar-refractivity contribution is 8.00. The number of carboxylic acids is 1. The normalized spacial score (nSPS) is 24.4. The zero-order chi connectivity index (χ0) is 14.9. The number of hydrogen-bond acceptors (Lipinski definition) is 6. The summed E-state index contributed by atoms with van der Waals surface area (Å²) in [4.78, 5) is 35.6. The molecule has 2 aliphatic rings. The minimum Gasteiger partial charge on any atom is -0.498 e. The summed E-state index contributed by atoms with van der Waals surface area (Å²) < 4.78 is 4.97. The standard InChI is InChI=1S/C11H11N3O5S/c1-19-5-4-20-10-7(13-6(15)2-3-12)9(16)14(10)8(5)11(17)18/h7,10H,2,4H2,1H3,(H,13,15)(H,17,18)/t7-,10+/m1/s1. The Labute approximate surface area is 118 Å². The number of thioether (sulfide) groups is 1. The van der Waals surface area contributed by atoms with E-state index >= 15 is 0 Å². The molecule has 0 aromatic carbocycles. The van der Waals surface area contributed by atoms with Crippen LogP contribution in [0.1, 0.15) is 6.42 Å². The van der Waals surface area contributed by atoms with Gasteiger partial charge in [-0.1, -0.05) is 0 Å². The molecule has 2 N–H and O–H groups in total. The van der Waals surface area contributed by atoms with Crippen LogP contribution in [0.2, 0.25) is 0 Å². The van der Waals surface area contributed by atoms with Crippen LogP contribution < -0.4 is 5.32 Å². The Bertz CT molecular complexity index is 553. The van der Waals surface area contributed by atoms with Gasteiger partial charge in [0.1, 0.15) is 23.6 Å². The van der Waals surface area contributed by atoms with Gasteiger partial charge < -0.3 is 15.2 Å².